The number of amides is 1. The number of benzene rings is 1. The summed E-state index contributed by atoms with van der Waals surface area (Å²) in [5.74, 6) is 0.148. The fourth-order valence-corrected chi connectivity index (χ4v) is 4.92. The van der Waals surface area contributed by atoms with Crippen LogP contribution in [0.2, 0.25) is 0 Å². The van der Waals surface area contributed by atoms with Gasteiger partial charge in [0.05, 0.1) is 6.61 Å². The maximum Gasteiger partial charge on any atom is 0.254 e. The van der Waals surface area contributed by atoms with Gasteiger partial charge in [-0.15, -0.1) is 0 Å². The lowest BCUT2D eigenvalue weighted by Gasteiger charge is -2.29. The number of nitrogens with zero attached hydrogens (tertiary/aromatic N) is 1. The third-order valence-corrected chi connectivity index (χ3v) is 6.53. The van der Waals surface area contributed by atoms with Gasteiger partial charge in [0, 0.05) is 25.3 Å². The Balaban J connectivity index is 1.58. The van der Waals surface area contributed by atoms with Gasteiger partial charge in [0.15, 0.2) is 0 Å². The van der Waals surface area contributed by atoms with Gasteiger partial charge in [-0.05, 0) is 77.9 Å². The van der Waals surface area contributed by atoms with Crippen molar-refractivity contribution in [2.45, 2.75) is 38.5 Å². The Hall–Kier alpha value is -1.69. The average molecular weight is 371 g/mol. The molecule has 1 saturated carbocycles. The Morgan fingerprint density at radius 2 is 2.15 bits per heavy atom. The van der Waals surface area contributed by atoms with Crippen LogP contribution in [0.3, 0.4) is 0 Å². The van der Waals surface area contributed by atoms with E-state index >= 15 is 0 Å². The van der Waals surface area contributed by atoms with Crippen molar-refractivity contribution >= 4 is 17.2 Å². The predicted molar refractivity (Wildman–Crippen MR) is 104 cm³/mol. The minimum absolute atomic E-state index is 0.148. The number of nitrogens with one attached hydrogen (secondary N) is 1. The van der Waals surface area contributed by atoms with Crippen LogP contribution in [0.5, 0.6) is 0 Å². The number of ether oxygens (including phenoxy) is 1. The summed E-state index contributed by atoms with van der Waals surface area (Å²) in [5.41, 5.74) is 3.38. The molecule has 0 bridgehead atoms. The highest BCUT2D eigenvalue weighted by Crippen LogP contribution is 2.56. The van der Waals surface area contributed by atoms with Gasteiger partial charge in [0.25, 0.3) is 5.91 Å². The van der Waals surface area contributed by atoms with Crippen molar-refractivity contribution in [2.75, 3.05) is 20.2 Å². The second kappa shape index (κ2) is 7.51. The zero-order chi connectivity index (χ0) is 18.0. The minimum Gasteiger partial charge on any atom is -0.380 e. The van der Waals surface area contributed by atoms with E-state index in [1.54, 1.807) is 18.4 Å². The van der Waals surface area contributed by atoms with Gasteiger partial charge in [-0.3, -0.25) is 4.79 Å². The molecule has 2 fully saturated rings. The monoisotopic (exact) mass is 370 g/mol. The van der Waals surface area contributed by atoms with E-state index < -0.39 is 0 Å². The highest BCUT2D eigenvalue weighted by molar-refractivity contribution is 7.07. The number of piperidine rings is 1. The van der Waals surface area contributed by atoms with Gasteiger partial charge >= 0.3 is 0 Å². The molecule has 138 valence electrons. The zero-order valence-electron chi connectivity index (χ0n) is 15.2. The SMILES string of the molecule is COCc1cccc(C(=O)N(Cc2ccsc2)[C@@H]2CC23CCNCC3)c1. The molecule has 4 rings (SSSR count). The maximum atomic E-state index is 13.4. The molecule has 2 heterocycles. The van der Waals surface area contributed by atoms with E-state index in [-0.39, 0.29) is 5.91 Å². The van der Waals surface area contributed by atoms with Crippen LogP contribution in [0.25, 0.3) is 0 Å². The summed E-state index contributed by atoms with van der Waals surface area (Å²) in [4.78, 5) is 15.5. The van der Waals surface area contributed by atoms with E-state index in [9.17, 15) is 4.79 Å². The molecule has 5 heteroatoms. The molecule has 0 radical (unpaired) electrons. The third kappa shape index (κ3) is 3.56. The van der Waals surface area contributed by atoms with Gasteiger partial charge in [-0.25, -0.2) is 0 Å². The average Bonchev–Trinajstić information content (AvgIpc) is 3.09. The number of thiophene rings is 1. The van der Waals surface area contributed by atoms with Crippen molar-refractivity contribution in [1.82, 2.24) is 10.2 Å². The molecule has 1 atom stereocenters. The lowest BCUT2D eigenvalue weighted by atomic mass is 9.93. The molecule has 2 aliphatic rings. The van der Waals surface area contributed by atoms with Gasteiger partial charge in [0.2, 0.25) is 0 Å². The minimum atomic E-state index is 0.148. The van der Waals surface area contributed by atoms with Crippen molar-refractivity contribution in [3.63, 3.8) is 0 Å². The van der Waals surface area contributed by atoms with Crippen molar-refractivity contribution < 1.29 is 9.53 Å². The van der Waals surface area contributed by atoms with E-state index in [1.165, 1.54) is 18.4 Å². The topological polar surface area (TPSA) is 41.6 Å². The molecule has 26 heavy (non-hydrogen) atoms. The van der Waals surface area contributed by atoms with Crippen LogP contribution in [0.1, 0.15) is 40.7 Å². The van der Waals surface area contributed by atoms with Crippen LogP contribution in [0.15, 0.2) is 41.1 Å². The normalized spacial score (nSPS) is 20.9. The van der Waals surface area contributed by atoms with E-state index in [4.69, 9.17) is 4.74 Å². The molecule has 1 aromatic carbocycles. The fraction of sp³-hybridized carbons (Fsp3) is 0.476. The number of hydrogen-bond donors (Lipinski definition) is 1. The van der Waals surface area contributed by atoms with Crippen LogP contribution in [0, 0.1) is 5.41 Å². The molecule has 1 N–H and O–H groups in total. The molecule has 1 aliphatic heterocycles. The van der Waals surface area contributed by atoms with Gasteiger partial charge in [0.1, 0.15) is 0 Å². The van der Waals surface area contributed by atoms with Crippen molar-refractivity contribution in [3.8, 4) is 0 Å². The first-order valence-electron chi connectivity index (χ1n) is 9.32. The summed E-state index contributed by atoms with van der Waals surface area (Å²) in [5, 5.41) is 7.69. The lowest BCUT2D eigenvalue weighted by Crippen LogP contribution is -2.39. The molecular weight excluding hydrogens is 344 g/mol. The summed E-state index contributed by atoms with van der Waals surface area (Å²) in [6.07, 6.45) is 3.49. The molecular formula is C21H26N2O2S. The first-order valence-corrected chi connectivity index (χ1v) is 10.3. The van der Waals surface area contributed by atoms with Crippen molar-refractivity contribution in [3.05, 3.63) is 57.8 Å². The first-order chi connectivity index (χ1) is 12.7. The summed E-state index contributed by atoms with van der Waals surface area (Å²) in [6.45, 7) is 3.38. The molecule has 1 saturated heterocycles. The van der Waals surface area contributed by atoms with E-state index in [0.29, 0.717) is 24.6 Å². The second-order valence-corrected chi connectivity index (χ2v) is 8.31. The fourth-order valence-electron chi connectivity index (χ4n) is 4.26. The molecule has 0 unspecified atom stereocenters. The van der Waals surface area contributed by atoms with Crippen molar-refractivity contribution in [2.24, 2.45) is 5.41 Å². The molecule has 1 amide bonds. The molecule has 1 aromatic heterocycles. The first kappa shape index (κ1) is 17.7. The zero-order valence-corrected chi connectivity index (χ0v) is 16.1. The summed E-state index contributed by atoms with van der Waals surface area (Å²) in [7, 11) is 1.68. The maximum absolute atomic E-state index is 13.4. The van der Waals surface area contributed by atoms with Crippen LogP contribution in [-0.4, -0.2) is 37.0 Å². The Bertz CT molecular complexity index is 753. The summed E-state index contributed by atoms with van der Waals surface area (Å²) in [6, 6.07) is 10.4. The smallest absolute Gasteiger partial charge is 0.254 e. The van der Waals surface area contributed by atoms with E-state index in [0.717, 1.165) is 30.6 Å². The van der Waals surface area contributed by atoms with Crippen molar-refractivity contribution in [1.29, 1.82) is 0 Å². The highest BCUT2D eigenvalue weighted by atomic mass is 32.1. The number of hydrogen-bond acceptors (Lipinski definition) is 4. The highest BCUT2D eigenvalue weighted by Gasteiger charge is 2.57. The Morgan fingerprint density at radius 1 is 1.31 bits per heavy atom. The Kier molecular flexibility index (Phi) is 5.11. The van der Waals surface area contributed by atoms with Crippen LogP contribution in [0.4, 0.5) is 0 Å². The second-order valence-electron chi connectivity index (χ2n) is 7.53. The third-order valence-electron chi connectivity index (χ3n) is 5.80. The van der Waals surface area contributed by atoms with Crippen LogP contribution < -0.4 is 5.32 Å². The van der Waals surface area contributed by atoms with Gasteiger partial charge in [-0.1, -0.05) is 12.1 Å². The number of rotatable bonds is 6. The van der Waals surface area contributed by atoms with E-state index in [2.05, 4.69) is 27.0 Å². The Labute approximate surface area is 159 Å². The molecule has 1 spiro atoms. The number of carbonyl (C=O) groups excluding carboxylic acids is 1. The van der Waals surface area contributed by atoms with Crippen LogP contribution in [-0.2, 0) is 17.9 Å². The number of carbonyl (C=O) groups is 1. The quantitative estimate of drug-likeness (QED) is 0.843. The van der Waals surface area contributed by atoms with Gasteiger partial charge < -0.3 is 15.0 Å². The summed E-state index contributed by atoms with van der Waals surface area (Å²) >= 11 is 1.69. The number of methoxy groups -OCH3 is 1. The van der Waals surface area contributed by atoms with Gasteiger partial charge in [-0.2, -0.15) is 11.3 Å². The molecule has 4 nitrogen and oxygen atoms in total. The van der Waals surface area contributed by atoms with E-state index in [1.807, 2.05) is 24.3 Å². The predicted octanol–water partition coefficient (Wildman–Crippen LogP) is 3.68. The largest absolute Gasteiger partial charge is 0.380 e. The van der Waals surface area contributed by atoms with Crippen LogP contribution >= 0.6 is 11.3 Å². The Morgan fingerprint density at radius 3 is 2.88 bits per heavy atom. The molecule has 1 aliphatic carbocycles. The lowest BCUT2D eigenvalue weighted by molar-refractivity contribution is 0.0692. The molecule has 2 aromatic rings. The summed E-state index contributed by atoms with van der Waals surface area (Å²) < 4.78 is 5.23. The standard InChI is InChI=1S/C21H26N2O2S/c1-25-14-16-3-2-4-18(11-16)20(24)23(13-17-5-10-26-15-17)19-12-21(19)6-8-22-9-7-21/h2-5,10-11,15,19,22H,6-9,12-14H2,1H3/t19-/m1/s1.